The quantitative estimate of drug-likeness (QED) is 0.709. The van der Waals surface area contributed by atoms with E-state index in [1.165, 1.54) is 7.05 Å². The molecule has 1 saturated carbocycles. The molecule has 0 atom stereocenters. The topological polar surface area (TPSA) is 77.6 Å². The van der Waals surface area contributed by atoms with Gasteiger partial charge in [0.2, 0.25) is 0 Å². The van der Waals surface area contributed by atoms with E-state index in [-0.39, 0.29) is 12.2 Å². The van der Waals surface area contributed by atoms with Gasteiger partial charge in [-0.3, -0.25) is 19.1 Å². The van der Waals surface area contributed by atoms with Crippen molar-refractivity contribution >= 4 is 5.91 Å². The van der Waals surface area contributed by atoms with Crippen LogP contribution in [0.1, 0.15) is 46.3 Å². The minimum Gasteiger partial charge on any atom is -0.345 e. The zero-order chi connectivity index (χ0) is 20.8. The van der Waals surface area contributed by atoms with Gasteiger partial charge < -0.3 is 5.32 Å². The average molecular weight is 404 g/mol. The van der Waals surface area contributed by atoms with Crippen LogP contribution in [0, 0.1) is 0 Å². The van der Waals surface area contributed by atoms with Crippen LogP contribution < -0.4 is 5.32 Å². The molecule has 1 amide bonds. The van der Waals surface area contributed by atoms with Crippen molar-refractivity contribution < 1.29 is 18.0 Å². The van der Waals surface area contributed by atoms with Crippen molar-refractivity contribution in [3.63, 3.8) is 0 Å². The molecule has 152 valence electrons. The second-order valence-electron chi connectivity index (χ2n) is 7.11. The fraction of sp³-hybridized carbons (Fsp3) is 0.368. The van der Waals surface area contributed by atoms with E-state index in [1.54, 1.807) is 17.9 Å². The highest BCUT2D eigenvalue weighted by Crippen LogP contribution is 2.39. The molecule has 0 saturated heterocycles. The Morgan fingerprint density at radius 2 is 1.93 bits per heavy atom. The van der Waals surface area contributed by atoms with E-state index in [4.69, 9.17) is 0 Å². The van der Waals surface area contributed by atoms with Gasteiger partial charge in [-0.2, -0.15) is 23.4 Å². The van der Waals surface area contributed by atoms with Crippen LogP contribution in [0.2, 0.25) is 0 Å². The van der Waals surface area contributed by atoms with E-state index in [9.17, 15) is 18.0 Å². The van der Waals surface area contributed by atoms with Crippen molar-refractivity contribution in [3.8, 4) is 11.3 Å². The minimum absolute atomic E-state index is 0.120. The molecule has 0 spiro atoms. The number of carbonyl (C=O) groups is 1. The predicted molar refractivity (Wildman–Crippen MR) is 97.8 cm³/mol. The lowest BCUT2D eigenvalue weighted by molar-refractivity contribution is -0.141. The number of aromatic nitrogens is 5. The summed E-state index contributed by atoms with van der Waals surface area (Å²) in [5.41, 5.74) is 2.20. The second-order valence-corrected chi connectivity index (χ2v) is 7.11. The molecule has 1 N–H and O–H groups in total. The van der Waals surface area contributed by atoms with Gasteiger partial charge in [-0.25, -0.2) is 0 Å². The highest BCUT2D eigenvalue weighted by Gasteiger charge is 2.35. The molecule has 3 heterocycles. The molecule has 0 aliphatic heterocycles. The molecule has 29 heavy (non-hydrogen) atoms. The van der Waals surface area contributed by atoms with Crippen LogP contribution >= 0.6 is 0 Å². The van der Waals surface area contributed by atoms with Crippen molar-refractivity contribution in [3.05, 3.63) is 53.2 Å². The van der Waals surface area contributed by atoms with E-state index in [0.29, 0.717) is 5.92 Å². The normalized spacial score (nSPS) is 14.2. The summed E-state index contributed by atoms with van der Waals surface area (Å²) >= 11 is 0. The summed E-state index contributed by atoms with van der Waals surface area (Å²) in [5.74, 6) is -0.115. The van der Waals surface area contributed by atoms with E-state index >= 15 is 0 Å². The fourth-order valence-electron chi connectivity index (χ4n) is 3.10. The Hall–Kier alpha value is -3.17. The number of rotatable bonds is 5. The molecule has 7 nitrogen and oxygen atoms in total. The van der Waals surface area contributed by atoms with Crippen LogP contribution in [0.25, 0.3) is 11.3 Å². The first-order valence-electron chi connectivity index (χ1n) is 9.11. The molecule has 0 radical (unpaired) electrons. The third kappa shape index (κ3) is 4.01. The molecule has 3 aromatic rings. The maximum atomic E-state index is 12.8. The number of halogens is 3. The highest BCUT2D eigenvalue weighted by atomic mass is 19.4. The van der Waals surface area contributed by atoms with E-state index in [1.807, 2.05) is 18.2 Å². The molecule has 1 fully saturated rings. The smallest absolute Gasteiger partial charge is 0.345 e. The van der Waals surface area contributed by atoms with Crippen molar-refractivity contribution in [2.75, 3.05) is 0 Å². The number of nitrogens with one attached hydrogen (secondary N) is 1. The Labute approximate surface area is 164 Å². The summed E-state index contributed by atoms with van der Waals surface area (Å²) < 4.78 is 40.9. The van der Waals surface area contributed by atoms with Crippen molar-refractivity contribution in [2.24, 2.45) is 14.1 Å². The maximum Gasteiger partial charge on any atom is 0.435 e. The first-order valence-corrected chi connectivity index (χ1v) is 9.11. The summed E-state index contributed by atoms with van der Waals surface area (Å²) in [6.07, 6.45) is -0.531. The van der Waals surface area contributed by atoms with Crippen LogP contribution in [-0.4, -0.2) is 30.5 Å². The number of hydrogen-bond donors (Lipinski definition) is 1. The number of nitrogens with zero attached hydrogens (tertiary/aromatic N) is 5. The highest BCUT2D eigenvalue weighted by molar-refractivity contribution is 5.92. The number of hydrogen-bond acceptors (Lipinski definition) is 4. The molecule has 3 aromatic heterocycles. The largest absolute Gasteiger partial charge is 0.435 e. The number of pyridine rings is 1. The van der Waals surface area contributed by atoms with Gasteiger partial charge in [0.25, 0.3) is 5.91 Å². The summed E-state index contributed by atoms with van der Waals surface area (Å²) in [7, 11) is 3.05. The van der Waals surface area contributed by atoms with Crippen molar-refractivity contribution in [2.45, 2.75) is 31.5 Å². The zero-order valence-corrected chi connectivity index (χ0v) is 15.9. The van der Waals surface area contributed by atoms with Gasteiger partial charge in [0.1, 0.15) is 5.69 Å². The molecule has 4 rings (SSSR count). The Morgan fingerprint density at radius 1 is 1.17 bits per heavy atom. The van der Waals surface area contributed by atoms with Gasteiger partial charge in [-0.05, 0) is 31.0 Å². The van der Waals surface area contributed by atoms with Crippen LogP contribution in [0.5, 0.6) is 0 Å². The lowest BCUT2D eigenvalue weighted by atomic mass is 10.1. The molecule has 0 bridgehead atoms. The van der Waals surface area contributed by atoms with E-state index in [2.05, 4.69) is 20.5 Å². The summed E-state index contributed by atoms with van der Waals surface area (Å²) in [6.45, 7) is 0.120. The lowest BCUT2D eigenvalue weighted by Gasteiger charge is -2.05. The number of aryl methyl sites for hydroxylation is 2. The van der Waals surface area contributed by atoms with Crippen LogP contribution in [0.4, 0.5) is 13.2 Å². The van der Waals surface area contributed by atoms with Crippen molar-refractivity contribution in [1.82, 2.24) is 29.9 Å². The maximum absolute atomic E-state index is 12.8. The molecular formula is C19H19F3N6O. The lowest BCUT2D eigenvalue weighted by Crippen LogP contribution is -2.26. The monoisotopic (exact) mass is 404 g/mol. The van der Waals surface area contributed by atoms with Gasteiger partial charge >= 0.3 is 6.18 Å². The third-order valence-corrected chi connectivity index (χ3v) is 4.88. The number of carbonyl (C=O) groups excluding carboxylic acids is 1. The Morgan fingerprint density at radius 3 is 2.59 bits per heavy atom. The van der Waals surface area contributed by atoms with Gasteiger partial charge in [-0.1, -0.05) is 0 Å². The minimum atomic E-state index is -4.60. The van der Waals surface area contributed by atoms with Crippen LogP contribution in [0.15, 0.2) is 30.5 Å². The molecule has 0 unspecified atom stereocenters. The van der Waals surface area contributed by atoms with Gasteiger partial charge in [-0.15, -0.1) is 0 Å². The van der Waals surface area contributed by atoms with E-state index < -0.39 is 17.8 Å². The van der Waals surface area contributed by atoms with Gasteiger partial charge in [0.05, 0.1) is 17.9 Å². The molecule has 1 aliphatic rings. The molecule has 1 aliphatic carbocycles. The molecular weight excluding hydrogens is 385 g/mol. The SMILES string of the molecule is Cn1nc(-c2ccnc(C3CC3)c2)cc1CNC(=O)c1cc(C(F)(F)F)nn1C. The van der Waals surface area contributed by atoms with Crippen LogP contribution in [-0.2, 0) is 26.8 Å². The second kappa shape index (κ2) is 7.02. The first-order chi connectivity index (χ1) is 13.7. The first kappa shape index (κ1) is 19.2. The summed E-state index contributed by atoms with van der Waals surface area (Å²) in [4.78, 5) is 16.7. The third-order valence-electron chi connectivity index (χ3n) is 4.88. The predicted octanol–water partition coefficient (Wildman–Crippen LogP) is 3.04. The molecule has 10 heteroatoms. The van der Waals surface area contributed by atoms with Gasteiger partial charge in [0, 0.05) is 43.5 Å². The number of alkyl halides is 3. The van der Waals surface area contributed by atoms with Gasteiger partial charge in [0.15, 0.2) is 5.69 Å². The van der Waals surface area contributed by atoms with E-state index in [0.717, 1.165) is 46.2 Å². The fourth-order valence-corrected chi connectivity index (χ4v) is 3.10. The van der Waals surface area contributed by atoms with Crippen LogP contribution in [0.3, 0.4) is 0 Å². The Balaban J connectivity index is 1.47. The number of amides is 1. The molecule has 0 aromatic carbocycles. The summed E-state index contributed by atoms with van der Waals surface area (Å²) in [6, 6.07) is 6.48. The Kier molecular flexibility index (Phi) is 4.64. The summed E-state index contributed by atoms with van der Waals surface area (Å²) in [5, 5.41) is 10.5. The Bertz CT molecular complexity index is 1060. The standard InChI is InChI=1S/C19H19F3N6O/c1-27-13(8-15(25-27)12-5-6-23-14(7-12)11-3-4-11)10-24-18(29)16-9-17(19(20,21)22)26-28(16)2/h5-9,11H,3-4,10H2,1-2H3,(H,24,29). The average Bonchev–Trinajstić information content (AvgIpc) is 3.34. The van der Waals surface area contributed by atoms with Crippen molar-refractivity contribution in [1.29, 1.82) is 0 Å². The zero-order valence-electron chi connectivity index (χ0n) is 15.9.